The topological polar surface area (TPSA) is 37.4 Å². The fourth-order valence-corrected chi connectivity index (χ4v) is 3.45. The first-order chi connectivity index (χ1) is 9.68. The highest BCUT2D eigenvalue weighted by Gasteiger charge is 2.41. The van der Waals surface area contributed by atoms with Crippen LogP contribution in [0.3, 0.4) is 0 Å². The summed E-state index contributed by atoms with van der Waals surface area (Å²) < 4.78 is 0. The summed E-state index contributed by atoms with van der Waals surface area (Å²) in [5, 5.41) is 0. The number of carbonyl (C=O) groups is 2. The molecule has 2 heterocycles. The molecule has 0 aromatic heterocycles. The Kier molecular flexibility index (Phi) is 3.43. The highest BCUT2D eigenvalue weighted by molar-refractivity contribution is 5.99. The Bertz CT molecular complexity index is 562. The molecule has 20 heavy (non-hydrogen) atoms. The van der Waals surface area contributed by atoms with Crippen LogP contribution in [0.15, 0.2) is 42.0 Å². The number of fused-ring (bicyclic) bond motifs is 2. The van der Waals surface area contributed by atoms with E-state index in [4.69, 9.17) is 0 Å². The van der Waals surface area contributed by atoms with Gasteiger partial charge in [-0.2, -0.15) is 0 Å². The van der Waals surface area contributed by atoms with Crippen LogP contribution in [0, 0.1) is 0 Å². The van der Waals surface area contributed by atoms with Crippen LogP contribution >= 0.6 is 0 Å². The number of benzene rings is 1. The van der Waals surface area contributed by atoms with Crippen molar-refractivity contribution in [1.82, 2.24) is 4.90 Å². The van der Waals surface area contributed by atoms with Crippen LogP contribution in [-0.2, 0) is 4.79 Å². The smallest absolute Gasteiger partial charge is 0.254 e. The van der Waals surface area contributed by atoms with Crippen molar-refractivity contribution in [2.75, 3.05) is 0 Å². The molecule has 1 saturated heterocycles. The first-order valence-corrected chi connectivity index (χ1v) is 7.27. The van der Waals surface area contributed by atoms with Gasteiger partial charge < -0.3 is 4.90 Å². The van der Waals surface area contributed by atoms with E-state index in [1.165, 1.54) is 0 Å². The zero-order valence-electron chi connectivity index (χ0n) is 11.7. The first-order valence-electron chi connectivity index (χ1n) is 7.27. The minimum Gasteiger partial charge on any atom is -0.328 e. The highest BCUT2D eigenvalue weighted by Crippen LogP contribution is 2.36. The van der Waals surface area contributed by atoms with Crippen LogP contribution in [0.25, 0.3) is 0 Å². The van der Waals surface area contributed by atoms with Gasteiger partial charge in [0.25, 0.3) is 5.91 Å². The SMILES string of the molecule is CC(=O)C1=CCCC2CC[C@H]1N2C(=O)c1ccccc1. The van der Waals surface area contributed by atoms with Crippen molar-refractivity contribution in [1.29, 1.82) is 0 Å². The first kappa shape index (κ1) is 13.1. The molecule has 0 radical (unpaired) electrons. The van der Waals surface area contributed by atoms with E-state index in [9.17, 15) is 9.59 Å². The number of Topliss-reactive ketones (excluding diaryl/α,β-unsaturated/α-hetero) is 1. The Morgan fingerprint density at radius 2 is 1.85 bits per heavy atom. The molecular formula is C17H19NO2. The Hall–Kier alpha value is -1.90. The minimum atomic E-state index is -0.0206. The van der Waals surface area contributed by atoms with E-state index in [-0.39, 0.29) is 23.8 Å². The Morgan fingerprint density at radius 3 is 2.55 bits per heavy atom. The van der Waals surface area contributed by atoms with Crippen LogP contribution < -0.4 is 0 Å². The molecule has 0 saturated carbocycles. The maximum Gasteiger partial charge on any atom is 0.254 e. The van der Waals surface area contributed by atoms with Gasteiger partial charge in [-0.1, -0.05) is 24.3 Å². The lowest BCUT2D eigenvalue weighted by atomic mass is 9.97. The third kappa shape index (κ3) is 2.17. The lowest BCUT2D eigenvalue weighted by Gasteiger charge is -2.29. The molecule has 2 atom stereocenters. The van der Waals surface area contributed by atoms with Crippen molar-refractivity contribution in [3.8, 4) is 0 Å². The van der Waals surface area contributed by atoms with Gasteiger partial charge in [0.1, 0.15) is 0 Å². The zero-order valence-corrected chi connectivity index (χ0v) is 11.7. The third-order valence-corrected chi connectivity index (χ3v) is 4.39. The number of hydrogen-bond acceptors (Lipinski definition) is 2. The number of allylic oxidation sites excluding steroid dienone is 1. The van der Waals surface area contributed by atoms with Crippen LogP contribution in [0.2, 0.25) is 0 Å². The second kappa shape index (κ2) is 5.23. The molecule has 1 fully saturated rings. The summed E-state index contributed by atoms with van der Waals surface area (Å²) in [6.45, 7) is 1.61. The molecule has 3 heteroatoms. The molecule has 2 aliphatic rings. The predicted molar refractivity (Wildman–Crippen MR) is 77.4 cm³/mol. The maximum atomic E-state index is 12.8. The van der Waals surface area contributed by atoms with Gasteiger partial charge in [-0.25, -0.2) is 0 Å². The van der Waals surface area contributed by atoms with Gasteiger partial charge in [-0.15, -0.1) is 0 Å². The van der Waals surface area contributed by atoms with E-state index in [0.29, 0.717) is 5.56 Å². The Morgan fingerprint density at radius 1 is 1.10 bits per heavy atom. The second-order valence-electron chi connectivity index (χ2n) is 5.62. The summed E-state index contributed by atoms with van der Waals surface area (Å²) in [7, 11) is 0. The number of carbonyl (C=O) groups excluding carboxylic acids is 2. The van der Waals surface area contributed by atoms with Gasteiger partial charge >= 0.3 is 0 Å². The van der Waals surface area contributed by atoms with E-state index in [0.717, 1.165) is 31.3 Å². The Labute approximate surface area is 119 Å². The number of ketones is 1. The summed E-state index contributed by atoms with van der Waals surface area (Å²) in [4.78, 5) is 26.6. The molecule has 2 aliphatic heterocycles. The average Bonchev–Trinajstić information content (AvgIpc) is 2.74. The summed E-state index contributed by atoms with van der Waals surface area (Å²) >= 11 is 0. The van der Waals surface area contributed by atoms with E-state index >= 15 is 0 Å². The molecule has 3 nitrogen and oxygen atoms in total. The fourth-order valence-electron chi connectivity index (χ4n) is 3.45. The molecule has 1 aromatic carbocycles. The van der Waals surface area contributed by atoms with Crippen molar-refractivity contribution in [3.63, 3.8) is 0 Å². The van der Waals surface area contributed by atoms with E-state index < -0.39 is 0 Å². The summed E-state index contributed by atoms with van der Waals surface area (Å²) in [5.41, 5.74) is 1.54. The molecular weight excluding hydrogens is 250 g/mol. The standard InChI is InChI=1S/C17H19NO2/c1-12(19)15-9-5-8-14-10-11-16(15)18(14)17(20)13-6-3-2-4-7-13/h2-4,6-7,9,14,16H,5,8,10-11H2,1H3/t14?,16-/m1/s1. The summed E-state index contributed by atoms with van der Waals surface area (Å²) in [6.07, 6.45) is 5.82. The van der Waals surface area contributed by atoms with Crippen LogP contribution in [0.4, 0.5) is 0 Å². The van der Waals surface area contributed by atoms with Crippen molar-refractivity contribution >= 4 is 11.7 Å². The van der Waals surface area contributed by atoms with Crippen LogP contribution in [0.5, 0.6) is 0 Å². The van der Waals surface area contributed by atoms with E-state index in [1.807, 2.05) is 41.3 Å². The number of amides is 1. The third-order valence-electron chi connectivity index (χ3n) is 4.39. The zero-order chi connectivity index (χ0) is 14.1. The summed E-state index contributed by atoms with van der Waals surface area (Å²) in [5.74, 6) is 0.163. The van der Waals surface area contributed by atoms with Crippen molar-refractivity contribution < 1.29 is 9.59 Å². The normalized spacial score (nSPS) is 25.1. The molecule has 0 spiro atoms. The van der Waals surface area contributed by atoms with Gasteiger partial charge in [0.15, 0.2) is 5.78 Å². The average molecular weight is 269 g/mol. The lowest BCUT2D eigenvalue weighted by Crippen LogP contribution is -2.42. The largest absolute Gasteiger partial charge is 0.328 e. The maximum absolute atomic E-state index is 12.8. The quantitative estimate of drug-likeness (QED) is 0.827. The fraction of sp³-hybridized carbons (Fsp3) is 0.412. The van der Waals surface area contributed by atoms with Crippen LogP contribution in [0.1, 0.15) is 43.0 Å². The van der Waals surface area contributed by atoms with Crippen molar-refractivity contribution in [3.05, 3.63) is 47.5 Å². The molecule has 1 aromatic rings. The minimum absolute atomic E-state index is 0.0206. The van der Waals surface area contributed by atoms with E-state index in [1.54, 1.807) is 6.92 Å². The highest BCUT2D eigenvalue weighted by atomic mass is 16.2. The molecule has 1 amide bonds. The Balaban J connectivity index is 1.95. The predicted octanol–water partition coefficient (Wildman–Crippen LogP) is 2.97. The number of nitrogens with zero attached hydrogens (tertiary/aromatic N) is 1. The van der Waals surface area contributed by atoms with Gasteiger partial charge in [-0.3, -0.25) is 9.59 Å². The molecule has 0 aliphatic carbocycles. The van der Waals surface area contributed by atoms with Crippen molar-refractivity contribution in [2.24, 2.45) is 0 Å². The second-order valence-corrected chi connectivity index (χ2v) is 5.62. The molecule has 3 rings (SSSR count). The number of rotatable bonds is 2. The molecule has 104 valence electrons. The van der Waals surface area contributed by atoms with Crippen molar-refractivity contribution in [2.45, 2.75) is 44.7 Å². The van der Waals surface area contributed by atoms with Gasteiger partial charge in [0.05, 0.1) is 6.04 Å². The monoisotopic (exact) mass is 269 g/mol. The molecule has 1 unspecified atom stereocenters. The number of hydrogen-bond donors (Lipinski definition) is 0. The summed E-state index contributed by atoms with van der Waals surface area (Å²) in [6, 6.07) is 9.64. The van der Waals surface area contributed by atoms with Gasteiger partial charge in [0.2, 0.25) is 0 Å². The lowest BCUT2D eigenvalue weighted by molar-refractivity contribution is -0.114. The molecule has 2 bridgehead atoms. The molecule has 0 N–H and O–H groups in total. The van der Waals surface area contributed by atoms with Crippen LogP contribution in [-0.4, -0.2) is 28.7 Å². The van der Waals surface area contributed by atoms with Gasteiger partial charge in [-0.05, 0) is 44.7 Å². The van der Waals surface area contributed by atoms with Gasteiger partial charge in [0, 0.05) is 17.2 Å². The van der Waals surface area contributed by atoms with E-state index in [2.05, 4.69) is 0 Å².